The van der Waals surface area contributed by atoms with Crippen molar-refractivity contribution in [3.05, 3.63) is 25.3 Å². The van der Waals surface area contributed by atoms with E-state index < -0.39 is 24.1 Å². The molecule has 0 aromatic rings. The number of ether oxygens (including phenoxy) is 3. The Labute approximate surface area is 143 Å². The molecule has 0 bridgehead atoms. The smallest absolute Gasteiger partial charge is 0.306 e. The molecule has 0 saturated heterocycles. The highest BCUT2D eigenvalue weighted by atomic mass is 16.6. The highest BCUT2D eigenvalue weighted by molar-refractivity contribution is 5.70. The summed E-state index contributed by atoms with van der Waals surface area (Å²) in [6, 6.07) is 0. The Hall–Kier alpha value is -2.11. The van der Waals surface area contributed by atoms with Gasteiger partial charge in [-0.2, -0.15) is 0 Å². The van der Waals surface area contributed by atoms with Crippen LogP contribution in [0.4, 0.5) is 0 Å². The fourth-order valence-electron chi connectivity index (χ4n) is 2.12. The Morgan fingerprint density at radius 2 is 1.62 bits per heavy atom. The van der Waals surface area contributed by atoms with Gasteiger partial charge in [-0.3, -0.25) is 14.4 Å². The third kappa shape index (κ3) is 10.6. The zero-order valence-electron chi connectivity index (χ0n) is 14.8. The second-order valence-corrected chi connectivity index (χ2v) is 5.52. The highest BCUT2D eigenvalue weighted by Crippen LogP contribution is 2.15. The number of carbonyl (C=O) groups is 3. The van der Waals surface area contributed by atoms with E-state index >= 15 is 0 Å². The second-order valence-electron chi connectivity index (χ2n) is 5.52. The van der Waals surface area contributed by atoms with Gasteiger partial charge in [0.15, 0.2) is 6.10 Å². The SMILES string of the molecule is C=CCCC[C@@H](C)OC(=O)CC[C@@H](OC(C)=O)[C@H](C=C)OC(C)=O. The van der Waals surface area contributed by atoms with Gasteiger partial charge in [0.05, 0.1) is 6.10 Å². The Bertz CT molecular complexity index is 443. The number of hydrogen-bond donors (Lipinski definition) is 0. The van der Waals surface area contributed by atoms with Crippen LogP contribution >= 0.6 is 0 Å². The molecule has 0 spiro atoms. The monoisotopic (exact) mass is 340 g/mol. The molecule has 0 aliphatic heterocycles. The summed E-state index contributed by atoms with van der Waals surface area (Å²) in [6.45, 7) is 11.5. The van der Waals surface area contributed by atoms with Crippen molar-refractivity contribution in [1.29, 1.82) is 0 Å². The summed E-state index contributed by atoms with van der Waals surface area (Å²) in [4.78, 5) is 34.2. The minimum absolute atomic E-state index is 0.0509. The van der Waals surface area contributed by atoms with E-state index in [0.717, 1.165) is 19.3 Å². The molecular weight excluding hydrogens is 312 g/mol. The molecule has 0 amide bonds. The topological polar surface area (TPSA) is 78.9 Å². The van der Waals surface area contributed by atoms with Crippen LogP contribution in [0.1, 0.15) is 52.9 Å². The van der Waals surface area contributed by atoms with Crippen LogP contribution in [-0.2, 0) is 28.6 Å². The van der Waals surface area contributed by atoms with Crippen LogP contribution in [0.15, 0.2) is 25.3 Å². The van der Waals surface area contributed by atoms with E-state index in [1.54, 1.807) is 0 Å². The van der Waals surface area contributed by atoms with Crippen LogP contribution in [0.3, 0.4) is 0 Å². The first-order valence-corrected chi connectivity index (χ1v) is 8.07. The van der Waals surface area contributed by atoms with Gasteiger partial charge in [-0.05, 0) is 38.7 Å². The molecule has 3 atom stereocenters. The van der Waals surface area contributed by atoms with Gasteiger partial charge < -0.3 is 14.2 Å². The molecule has 0 aromatic carbocycles. The van der Waals surface area contributed by atoms with E-state index in [1.165, 1.54) is 19.9 Å². The van der Waals surface area contributed by atoms with Gasteiger partial charge in [-0.15, -0.1) is 6.58 Å². The van der Waals surface area contributed by atoms with Crippen LogP contribution < -0.4 is 0 Å². The van der Waals surface area contributed by atoms with Gasteiger partial charge in [0.25, 0.3) is 0 Å². The number of rotatable bonds is 12. The third-order valence-corrected chi connectivity index (χ3v) is 3.20. The lowest BCUT2D eigenvalue weighted by atomic mass is 10.1. The Balaban J connectivity index is 4.50. The predicted molar refractivity (Wildman–Crippen MR) is 90.1 cm³/mol. The second kappa shape index (κ2) is 12.3. The first-order valence-electron chi connectivity index (χ1n) is 8.07. The van der Waals surface area contributed by atoms with Gasteiger partial charge in [-0.25, -0.2) is 0 Å². The van der Waals surface area contributed by atoms with Crippen LogP contribution in [0.25, 0.3) is 0 Å². The van der Waals surface area contributed by atoms with E-state index in [2.05, 4.69) is 13.2 Å². The normalized spacial score (nSPS) is 14.0. The first-order chi connectivity index (χ1) is 11.3. The lowest BCUT2D eigenvalue weighted by Gasteiger charge is -2.23. The minimum atomic E-state index is -0.802. The summed E-state index contributed by atoms with van der Waals surface area (Å²) >= 11 is 0. The lowest BCUT2D eigenvalue weighted by molar-refractivity contribution is -0.163. The van der Waals surface area contributed by atoms with Crippen molar-refractivity contribution >= 4 is 17.9 Å². The van der Waals surface area contributed by atoms with Crippen molar-refractivity contribution in [2.24, 2.45) is 0 Å². The lowest BCUT2D eigenvalue weighted by Crippen LogP contribution is -2.33. The van der Waals surface area contributed by atoms with Gasteiger partial charge in [0.2, 0.25) is 0 Å². The molecule has 0 saturated carbocycles. The number of hydrogen-bond acceptors (Lipinski definition) is 6. The fourth-order valence-corrected chi connectivity index (χ4v) is 2.12. The molecular formula is C18H28O6. The molecule has 0 N–H and O–H groups in total. The molecule has 0 rings (SSSR count). The van der Waals surface area contributed by atoms with Crippen LogP contribution in [0.2, 0.25) is 0 Å². The summed E-state index contributed by atoms with van der Waals surface area (Å²) in [6.07, 6.45) is 4.20. The van der Waals surface area contributed by atoms with E-state index in [4.69, 9.17) is 14.2 Å². The van der Waals surface area contributed by atoms with Crippen molar-refractivity contribution < 1.29 is 28.6 Å². The summed E-state index contributed by atoms with van der Waals surface area (Å²) in [5.74, 6) is -1.43. The van der Waals surface area contributed by atoms with Crippen molar-refractivity contribution in [2.45, 2.75) is 71.2 Å². The maximum absolute atomic E-state index is 11.9. The van der Waals surface area contributed by atoms with E-state index in [1.807, 2.05) is 13.0 Å². The molecule has 0 aromatic heterocycles. The largest absolute Gasteiger partial charge is 0.463 e. The standard InChI is InChI=1S/C18H28O6/c1-6-8-9-10-13(3)22-18(21)12-11-17(24-15(5)20)16(7-2)23-14(4)19/h6-7,13,16-17H,1-2,8-12H2,3-5H3/t13-,16+,17-/m1/s1. The molecule has 0 aliphatic carbocycles. The molecule has 136 valence electrons. The summed E-state index contributed by atoms with van der Waals surface area (Å²) < 4.78 is 15.5. The zero-order valence-corrected chi connectivity index (χ0v) is 14.8. The van der Waals surface area contributed by atoms with Gasteiger partial charge in [0.1, 0.15) is 6.10 Å². The van der Waals surface area contributed by atoms with Crippen LogP contribution in [-0.4, -0.2) is 36.2 Å². The molecule has 0 radical (unpaired) electrons. The first kappa shape index (κ1) is 21.9. The van der Waals surface area contributed by atoms with Crippen molar-refractivity contribution in [3.63, 3.8) is 0 Å². The summed E-state index contributed by atoms with van der Waals surface area (Å²) in [5, 5.41) is 0. The average molecular weight is 340 g/mol. The van der Waals surface area contributed by atoms with Gasteiger partial charge in [0, 0.05) is 20.3 Å². The molecule has 0 fully saturated rings. The number of carbonyl (C=O) groups excluding carboxylic acids is 3. The summed E-state index contributed by atoms with van der Waals surface area (Å²) in [5.41, 5.74) is 0. The summed E-state index contributed by atoms with van der Waals surface area (Å²) in [7, 11) is 0. The van der Waals surface area contributed by atoms with Crippen LogP contribution in [0.5, 0.6) is 0 Å². The van der Waals surface area contributed by atoms with E-state index in [0.29, 0.717) is 0 Å². The van der Waals surface area contributed by atoms with Crippen LogP contribution in [0, 0.1) is 0 Å². The van der Waals surface area contributed by atoms with E-state index in [-0.39, 0.29) is 24.9 Å². The molecule has 0 aliphatic rings. The quantitative estimate of drug-likeness (QED) is 0.235. The van der Waals surface area contributed by atoms with Crippen molar-refractivity contribution in [1.82, 2.24) is 0 Å². The Morgan fingerprint density at radius 1 is 1.00 bits per heavy atom. The number of unbranched alkanes of at least 4 members (excludes halogenated alkanes) is 1. The van der Waals surface area contributed by atoms with Gasteiger partial charge in [-0.1, -0.05) is 12.7 Å². The number of esters is 3. The minimum Gasteiger partial charge on any atom is -0.463 e. The molecule has 0 unspecified atom stereocenters. The molecule has 0 heterocycles. The molecule has 6 nitrogen and oxygen atoms in total. The maximum Gasteiger partial charge on any atom is 0.306 e. The third-order valence-electron chi connectivity index (χ3n) is 3.20. The van der Waals surface area contributed by atoms with Crippen molar-refractivity contribution in [2.75, 3.05) is 0 Å². The average Bonchev–Trinajstić information content (AvgIpc) is 2.48. The molecule has 6 heteroatoms. The van der Waals surface area contributed by atoms with E-state index in [9.17, 15) is 14.4 Å². The predicted octanol–water partition coefficient (Wildman–Crippen LogP) is 3.10. The number of allylic oxidation sites excluding steroid dienone is 1. The van der Waals surface area contributed by atoms with Gasteiger partial charge >= 0.3 is 17.9 Å². The van der Waals surface area contributed by atoms with Crippen molar-refractivity contribution in [3.8, 4) is 0 Å². The Kier molecular flexibility index (Phi) is 11.2. The Morgan fingerprint density at radius 3 is 2.12 bits per heavy atom. The fraction of sp³-hybridized carbons (Fsp3) is 0.611. The zero-order chi connectivity index (χ0) is 18.5. The molecule has 24 heavy (non-hydrogen) atoms. The highest BCUT2D eigenvalue weighted by Gasteiger charge is 2.26. The maximum atomic E-state index is 11.9.